The van der Waals surface area contributed by atoms with Crippen molar-refractivity contribution in [2.24, 2.45) is 5.73 Å². The van der Waals surface area contributed by atoms with Gasteiger partial charge in [-0.05, 0) is 13.8 Å². The fraction of sp³-hybridized carbons (Fsp3) is 0.375. The van der Waals surface area contributed by atoms with Gasteiger partial charge in [0.05, 0.1) is 6.10 Å². The maximum absolute atomic E-state index is 10.8. The van der Waals surface area contributed by atoms with Gasteiger partial charge in [-0.15, -0.1) is 0 Å². The van der Waals surface area contributed by atoms with Gasteiger partial charge in [0.15, 0.2) is 0 Å². The Labute approximate surface area is 81.1 Å². The van der Waals surface area contributed by atoms with Crippen molar-refractivity contribution in [2.45, 2.75) is 20.0 Å². The van der Waals surface area contributed by atoms with Gasteiger partial charge in [0.1, 0.15) is 0 Å². The van der Waals surface area contributed by atoms with Crippen molar-refractivity contribution < 1.29 is 19.1 Å². The predicted molar refractivity (Wildman–Crippen MR) is 48.1 cm³/mol. The van der Waals surface area contributed by atoms with Gasteiger partial charge in [0, 0.05) is 12.2 Å². The molecule has 78 valence electrons. The summed E-state index contributed by atoms with van der Waals surface area (Å²) < 4.78 is 4.68. The first-order valence-corrected chi connectivity index (χ1v) is 3.91. The number of hydrogen-bond acceptors (Lipinski definition) is 4. The Balaban J connectivity index is 3.98. The zero-order valence-corrected chi connectivity index (χ0v) is 7.94. The van der Waals surface area contributed by atoms with Crippen molar-refractivity contribution in [3.05, 3.63) is 12.2 Å². The van der Waals surface area contributed by atoms with Crippen LogP contribution in [0.1, 0.15) is 13.8 Å². The molecule has 0 fully saturated rings. The molecule has 0 aromatic rings. The number of ether oxygens (including phenoxy) is 1. The summed E-state index contributed by atoms with van der Waals surface area (Å²) in [6.45, 7) is 3.35. The first-order valence-electron chi connectivity index (χ1n) is 3.91. The first kappa shape index (κ1) is 12.2. The minimum atomic E-state index is -0.975. The van der Waals surface area contributed by atoms with Crippen LogP contribution in [0.3, 0.4) is 0 Å². The van der Waals surface area contributed by atoms with Crippen LogP contribution >= 0.6 is 0 Å². The summed E-state index contributed by atoms with van der Waals surface area (Å²) in [4.78, 5) is 31.7. The number of nitrogens with two attached hydrogens (primary N) is 1. The lowest BCUT2D eigenvalue weighted by Gasteiger charge is -2.03. The highest BCUT2D eigenvalue weighted by atomic mass is 16.5. The van der Waals surface area contributed by atoms with Gasteiger partial charge < -0.3 is 10.5 Å². The van der Waals surface area contributed by atoms with E-state index in [1.54, 1.807) is 19.2 Å². The molecule has 0 saturated carbocycles. The van der Waals surface area contributed by atoms with E-state index in [1.807, 2.05) is 0 Å². The molecule has 0 aromatic heterocycles. The minimum Gasteiger partial charge on any atom is -0.460 e. The normalized spacial score (nSPS) is 10.2. The zero-order valence-electron chi connectivity index (χ0n) is 7.94. The summed E-state index contributed by atoms with van der Waals surface area (Å²) in [6, 6.07) is -0.975. The molecule has 14 heavy (non-hydrogen) atoms. The number of carbonyl (C=O) groups is 3. The Morgan fingerprint density at radius 1 is 1.29 bits per heavy atom. The summed E-state index contributed by atoms with van der Waals surface area (Å²) in [5.41, 5.74) is 4.66. The second kappa shape index (κ2) is 5.74. The van der Waals surface area contributed by atoms with E-state index < -0.39 is 17.9 Å². The lowest BCUT2D eigenvalue weighted by molar-refractivity contribution is -0.141. The fourth-order valence-electron chi connectivity index (χ4n) is 0.578. The molecule has 0 bridgehead atoms. The van der Waals surface area contributed by atoms with E-state index in [1.165, 1.54) is 0 Å². The Morgan fingerprint density at radius 2 is 1.86 bits per heavy atom. The van der Waals surface area contributed by atoms with Crippen LogP contribution in [0.2, 0.25) is 0 Å². The highest BCUT2D eigenvalue weighted by molar-refractivity contribution is 6.02. The van der Waals surface area contributed by atoms with Gasteiger partial charge in [-0.25, -0.2) is 9.59 Å². The van der Waals surface area contributed by atoms with Crippen molar-refractivity contribution >= 4 is 17.9 Å². The number of hydrogen-bond donors (Lipinski definition) is 2. The number of amides is 3. The lowest BCUT2D eigenvalue weighted by Crippen LogP contribution is -2.33. The molecule has 0 aliphatic rings. The van der Waals surface area contributed by atoms with Crippen LogP contribution in [0.4, 0.5) is 4.79 Å². The van der Waals surface area contributed by atoms with E-state index in [-0.39, 0.29) is 6.10 Å². The molecule has 0 aromatic carbocycles. The van der Waals surface area contributed by atoms with Crippen LogP contribution in [-0.4, -0.2) is 24.0 Å². The average molecular weight is 200 g/mol. The molecule has 0 rings (SSSR count). The van der Waals surface area contributed by atoms with Crippen molar-refractivity contribution in [2.75, 3.05) is 0 Å². The van der Waals surface area contributed by atoms with Crippen LogP contribution in [0, 0.1) is 0 Å². The maximum atomic E-state index is 10.8. The predicted octanol–water partition coefficient (Wildman–Crippen LogP) is -0.311. The molecule has 3 amide bonds. The largest absolute Gasteiger partial charge is 0.460 e. The number of nitrogens with one attached hydrogen (secondary N) is 1. The third-order valence-corrected chi connectivity index (χ3v) is 0.969. The molecule has 6 heteroatoms. The summed E-state index contributed by atoms with van der Waals surface area (Å²) in [6.07, 6.45) is 1.53. The van der Waals surface area contributed by atoms with Gasteiger partial charge in [-0.1, -0.05) is 0 Å². The molecule has 0 atom stereocenters. The van der Waals surface area contributed by atoms with Gasteiger partial charge in [0.2, 0.25) is 0 Å². The minimum absolute atomic E-state index is 0.258. The summed E-state index contributed by atoms with van der Waals surface area (Å²) >= 11 is 0. The van der Waals surface area contributed by atoms with Gasteiger partial charge in [-0.2, -0.15) is 0 Å². The molecule has 0 aliphatic carbocycles. The highest BCUT2D eigenvalue weighted by Crippen LogP contribution is 1.89. The average Bonchev–Trinajstić information content (AvgIpc) is 1.98. The highest BCUT2D eigenvalue weighted by Gasteiger charge is 2.02. The number of primary amides is 1. The van der Waals surface area contributed by atoms with Crippen molar-refractivity contribution in [1.29, 1.82) is 0 Å². The first-order chi connectivity index (χ1) is 6.41. The summed E-state index contributed by atoms with van der Waals surface area (Å²) in [5.74, 6) is -1.42. The van der Waals surface area contributed by atoms with Crippen LogP contribution in [0.15, 0.2) is 12.2 Å². The number of carbonyl (C=O) groups excluding carboxylic acids is 3. The van der Waals surface area contributed by atoms with E-state index in [2.05, 4.69) is 10.5 Å². The van der Waals surface area contributed by atoms with Crippen LogP contribution in [-0.2, 0) is 14.3 Å². The number of rotatable bonds is 3. The third-order valence-electron chi connectivity index (χ3n) is 0.969. The van der Waals surface area contributed by atoms with Gasteiger partial charge in [-0.3, -0.25) is 10.1 Å². The number of urea groups is 1. The Kier molecular flexibility index (Phi) is 4.98. The standard InChI is InChI=1S/C8H12N2O4/c1-5(2)14-7(12)4-3-6(11)10-8(9)13/h3-5H,1-2H3,(H3,9,10,11,13)/b4-3+. The number of esters is 1. The van der Waals surface area contributed by atoms with E-state index >= 15 is 0 Å². The molecule has 0 radical (unpaired) electrons. The van der Waals surface area contributed by atoms with Crippen molar-refractivity contribution in [1.82, 2.24) is 5.32 Å². The van der Waals surface area contributed by atoms with E-state index in [0.717, 1.165) is 12.2 Å². The Morgan fingerprint density at radius 3 is 2.29 bits per heavy atom. The maximum Gasteiger partial charge on any atom is 0.331 e. The summed E-state index contributed by atoms with van der Waals surface area (Å²) in [7, 11) is 0. The monoisotopic (exact) mass is 200 g/mol. The Hall–Kier alpha value is -1.85. The van der Waals surface area contributed by atoms with Gasteiger partial charge >= 0.3 is 12.0 Å². The molecule has 0 aliphatic heterocycles. The van der Waals surface area contributed by atoms with Crippen LogP contribution in [0.5, 0.6) is 0 Å². The quantitative estimate of drug-likeness (QED) is 0.482. The number of imide groups is 1. The van der Waals surface area contributed by atoms with Gasteiger partial charge in [0.25, 0.3) is 5.91 Å². The second-order valence-corrected chi connectivity index (χ2v) is 2.67. The zero-order chi connectivity index (χ0) is 11.1. The molecule has 0 unspecified atom stereocenters. The SMILES string of the molecule is CC(C)OC(=O)/C=C/C(=O)NC(N)=O. The molecule has 0 saturated heterocycles. The van der Waals surface area contributed by atoms with E-state index in [0.29, 0.717) is 0 Å². The smallest absolute Gasteiger partial charge is 0.331 e. The third kappa shape index (κ3) is 6.84. The molecule has 0 heterocycles. The van der Waals surface area contributed by atoms with Crippen molar-refractivity contribution in [3.8, 4) is 0 Å². The fourth-order valence-corrected chi connectivity index (χ4v) is 0.578. The molecule has 3 N–H and O–H groups in total. The molecular formula is C8H12N2O4. The topological polar surface area (TPSA) is 98.5 Å². The van der Waals surface area contributed by atoms with E-state index in [9.17, 15) is 14.4 Å². The van der Waals surface area contributed by atoms with Crippen LogP contribution in [0.25, 0.3) is 0 Å². The van der Waals surface area contributed by atoms with Crippen LogP contribution < -0.4 is 11.1 Å². The lowest BCUT2D eigenvalue weighted by atomic mass is 10.4. The second-order valence-electron chi connectivity index (χ2n) is 2.67. The van der Waals surface area contributed by atoms with E-state index in [4.69, 9.17) is 0 Å². The van der Waals surface area contributed by atoms with Crippen molar-refractivity contribution in [3.63, 3.8) is 0 Å². The molecular weight excluding hydrogens is 188 g/mol. The Bertz CT molecular complexity index is 271. The summed E-state index contributed by atoms with van der Waals surface area (Å²) in [5, 5.41) is 1.76. The molecule has 0 spiro atoms. The molecule has 6 nitrogen and oxygen atoms in total.